The number of benzene rings is 2. The van der Waals surface area contributed by atoms with E-state index in [1.807, 2.05) is 53.4 Å². The molecule has 0 amide bonds. The fourth-order valence-corrected chi connectivity index (χ4v) is 21.1. The summed E-state index contributed by atoms with van der Waals surface area (Å²) in [6.07, 6.45) is 6.48. The normalized spacial score (nSPS) is 11.5. The molecule has 0 saturated carbocycles. The predicted molar refractivity (Wildman–Crippen MR) is 165 cm³/mol. The Labute approximate surface area is 244 Å². The van der Waals surface area contributed by atoms with E-state index in [4.69, 9.17) is 14.5 Å². The van der Waals surface area contributed by atoms with Gasteiger partial charge >= 0.3 is 245 Å². The molecule has 218 valence electrons. The van der Waals surface area contributed by atoms with Gasteiger partial charge in [0, 0.05) is 0 Å². The van der Waals surface area contributed by atoms with Crippen LogP contribution in [0.4, 0.5) is 14.6 Å². The van der Waals surface area contributed by atoms with Gasteiger partial charge in [-0.2, -0.15) is 0 Å². The second-order valence-electron chi connectivity index (χ2n) is 10.8. The monoisotopic (exact) mass is 660 g/mol. The molecule has 3 rings (SSSR count). The molecule has 7 heteroatoms. The van der Waals surface area contributed by atoms with Crippen LogP contribution < -0.4 is 18.1 Å². The van der Waals surface area contributed by atoms with Crippen molar-refractivity contribution in [3.05, 3.63) is 77.4 Å². The Morgan fingerprint density at radius 3 is 1.48 bits per heavy atom. The molecule has 0 radical (unpaired) electrons. The van der Waals surface area contributed by atoms with Crippen molar-refractivity contribution in [2.24, 2.45) is 0 Å². The Bertz CT molecular complexity index is 1100. The van der Waals surface area contributed by atoms with E-state index in [1.165, 1.54) is 0 Å². The number of anilines is 1. The minimum absolute atomic E-state index is 0.244. The number of hydrogen-bond donors (Lipinski definition) is 0. The third-order valence-electron chi connectivity index (χ3n) is 7.80. The first-order valence-corrected chi connectivity index (χ1v) is 22.2. The van der Waals surface area contributed by atoms with Gasteiger partial charge in [-0.1, -0.05) is 0 Å². The van der Waals surface area contributed by atoms with Crippen LogP contribution in [0, 0.1) is 11.6 Å². The topological polar surface area (TPSA) is 34.6 Å². The van der Waals surface area contributed by atoms with Crippen LogP contribution in [0.15, 0.2) is 54.6 Å². The summed E-state index contributed by atoms with van der Waals surface area (Å²) in [6.45, 7) is 7.46. The van der Waals surface area contributed by atoms with Crippen LogP contribution in [0.2, 0.25) is 13.3 Å². The maximum absolute atomic E-state index is 15.8. The molecule has 0 saturated heterocycles. The van der Waals surface area contributed by atoms with Crippen molar-refractivity contribution < 1.29 is 18.3 Å². The van der Waals surface area contributed by atoms with Crippen molar-refractivity contribution in [3.63, 3.8) is 0 Å². The molecule has 0 N–H and O–H groups in total. The molecule has 1 aromatic heterocycles. The summed E-state index contributed by atoms with van der Waals surface area (Å²) in [7, 11) is 3.27. The molecule has 0 atom stereocenters. The van der Waals surface area contributed by atoms with Crippen molar-refractivity contribution >= 4 is 27.9 Å². The fraction of sp³-hybridized carbons (Fsp3) is 0.485. The average Bonchev–Trinajstić information content (AvgIpc) is 2.97. The van der Waals surface area contributed by atoms with Crippen LogP contribution in [0.5, 0.6) is 11.5 Å². The Morgan fingerprint density at radius 2 is 1.10 bits per heavy atom. The molecule has 0 bridgehead atoms. The zero-order chi connectivity index (χ0) is 29.0. The number of rotatable bonds is 17. The van der Waals surface area contributed by atoms with E-state index in [1.54, 1.807) is 14.2 Å². The zero-order valence-electron chi connectivity index (χ0n) is 24.9. The molecular formula is C33H46F2N2O2Sn. The molecule has 0 aliphatic rings. The van der Waals surface area contributed by atoms with Crippen LogP contribution in [0.1, 0.15) is 70.4 Å². The molecule has 0 aliphatic carbocycles. The second-order valence-corrected chi connectivity index (χ2v) is 23.7. The molecule has 0 spiro atoms. The van der Waals surface area contributed by atoms with Crippen LogP contribution in [0.25, 0.3) is 0 Å². The standard InChI is InChI=1S/C21H19F2N2O2.3C4H9.Sn/c1-26-18-7-3-15(4-8-18)13-25(21-20(23)11-17(22)12-24-21)14-16-5-9-19(27-2)10-6-16;3*1-3-4-2;/h3-11H,13-14H2,1-2H3;3*1,3-4H2,2H3;. The quantitative estimate of drug-likeness (QED) is 0.136. The summed E-state index contributed by atoms with van der Waals surface area (Å²) < 4.78 is 46.0. The van der Waals surface area contributed by atoms with Gasteiger partial charge in [0.05, 0.1) is 0 Å². The first kappa shape index (κ1) is 32.2. The van der Waals surface area contributed by atoms with Crippen molar-refractivity contribution in [2.45, 2.75) is 85.7 Å². The van der Waals surface area contributed by atoms with Crippen LogP contribution >= 0.6 is 0 Å². The van der Waals surface area contributed by atoms with Gasteiger partial charge in [-0.15, -0.1) is 0 Å². The summed E-state index contributed by atoms with van der Waals surface area (Å²) in [4.78, 5) is 6.93. The van der Waals surface area contributed by atoms with Crippen LogP contribution in [-0.2, 0) is 13.1 Å². The van der Waals surface area contributed by atoms with E-state index in [0.29, 0.717) is 16.8 Å². The number of hydrogen-bond acceptors (Lipinski definition) is 4. The van der Waals surface area contributed by atoms with E-state index in [-0.39, 0.29) is 5.82 Å². The van der Waals surface area contributed by atoms with Crippen molar-refractivity contribution in [1.82, 2.24) is 4.98 Å². The molecule has 4 nitrogen and oxygen atoms in total. The van der Waals surface area contributed by atoms with E-state index in [2.05, 4.69) is 20.8 Å². The molecule has 0 unspecified atom stereocenters. The van der Waals surface area contributed by atoms with Crippen molar-refractivity contribution in [1.29, 1.82) is 0 Å². The number of methoxy groups -OCH3 is 2. The van der Waals surface area contributed by atoms with Crippen molar-refractivity contribution in [3.8, 4) is 11.5 Å². The SMILES string of the molecule is CCC[CH2][Sn]([CH2]CCC)([CH2]CCC)[c]1nc(N(Cc2ccc(OC)cc2)Cc2ccc(OC)cc2)c(F)cc1F. The maximum atomic E-state index is 15.8. The van der Waals surface area contributed by atoms with E-state index < -0.39 is 30.0 Å². The number of pyridine rings is 1. The second kappa shape index (κ2) is 16.2. The van der Waals surface area contributed by atoms with Crippen molar-refractivity contribution in [2.75, 3.05) is 19.1 Å². The summed E-state index contributed by atoms with van der Waals surface area (Å²) in [5.41, 5.74) is 2.00. The van der Waals surface area contributed by atoms with Gasteiger partial charge in [-0.05, 0) is 0 Å². The first-order valence-electron chi connectivity index (χ1n) is 14.8. The average molecular weight is 659 g/mol. The molecule has 0 aliphatic heterocycles. The van der Waals surface area contributed by atoms with E-state index in [0.717, 1.165) is 80.5 Å². The zero-order valence-corrected chi connectivity index (χ0v) is 27.8. The number of ether oxygens (including phenoxy) is 2. The molecule has 1 heterocycles. The van der Waals surface area contributed by atoms with Gasteiger partial charge in [-0.3, -0.25) is 0 Å². The van der Waals surface area contributed by atoms with Gasteiger partial charge in [0.1, 0.15) is 0 Å². The van der Waals surface area contributed by atoms with Crippen LogP contribution in [0.3, 0.4) is 0 Å². The summed E-state index contributed by atoms with van der Waals surface area (Å²) >= 11 is -3.27. The molecular weight excluding hydrogens is 613 g/mol. The molecule has 3 aromatic rings. The molecule has 2 aromatic carbocycles. The van der Waals surface area contributed by atoms with Gasteiger partial charge in [0.25, 0.3) is 0 Å². The summed E-state index contributed by atoms with van der Waals surface area (Å²) in [5.74, 6) is 0.730. The minimum atomic E-state index is -3.27. The van der Waals surface area contributed by atoms with E-state index >= 15 is 8.78 Å². The number of nitrogens with zero attached hydrogens (tertiary/aromatic N) is 2. The van der Waals surface area contributed by atoms with Gasteiger partial charge < -0.3 is 0 Å². The van der Waals surface area contributed by atoms with E-state index in [9.17, 15) is 0 Å². The number of aromatic nitrogens is 1. The Balaban J connectivity index is 2.11. The Morgan fingerprint density at radius 1 is 0.675 bits per heavy atom. The number of unbranched alkanes of at least 4 members (excludes halogenated alkanes) is 3. The summed E-state index contributed by atoms with van der Waals surface area (Å²) in [6, 6.07) is 16.7. The third-order valence-corrected chi connectivity index (χ3v) is 22.9. The predicted octanol–water partition coefficient (Wildman–Crippen LogP) is 8.64. The third kappa shape index (κ3) is 8.57. The first-order chi connectivity index (χ1) is 19.4. The fourth-order valence-electron chi connectivity index (χ4n) is 5.43. The van der Waals surface area contributed by atoms with Gasteiger partial charge in [0.2, 0.25) is 0 Å². The van der Waals surface area contributed by atoms with Gasteiger partial charge in [-0.25, -0.2) is 0 Å². The Kier molecular flexibility index (Phi) is 13.0. The Hall–Kier alpha value is -2.35. The van der Waals surface area contributed by atoms with Gasteiger partial charge in [0.15, 0.2) is 0 Å². The molecule has 0 fully saturated rings. The van der Waals surface area contributed by atoms with Crippen LogP contribution in [-0.4, -0.2) is 37.6 Å². The summed E-state index contributed by atoms with van der Waals surface area (Å²) in [5, 5.41) is 0. The molecule has 40 heavy (non-hydrogen) atoms. The number of halogens is 2.